The fraction of sp³-hybridized carbons (Fsp3) is 0.0968. The van der Waals surface area contributed by atoms with Crippen molar-refractivity contribution in [2.45, 2.75) is 5.41 Å². The maximum absolute atomic E-state index is 9.15. The van der Waals surface area contributed by atoms with Crippen molar-refractivity contribution in [3.63, 3.8) is 0 Å². The number of hydrogen-bond acceptors (Lipinski definition) is 4. The van der Waals surface area contributed by atoms with Gasteiger partial charge in [-0.3, -0.25) is 0 Å². The van der Waals surface area contributed by atoms with Crippen LogP contribution in [0.2, 0.25) is 0 Å². The van der Waals surface area contributed by atoms with Crippen molar-refractivity contribution in [2.24, 2.45) is 0 Å². The molecular formula is C31H26O4. The quantitative estimate of drug-likeness (QED) is 0.245. The summed E-state index contributed by atoms with van der Waals surface area (Å²) in [6.45, 7) is 0.485. The number of aliphatic hydroxyl groups excluding tert-OH is 2. The summed E-state index contributed by atoms with van der Waals surface area (Å²) in [4.78, 5) is 0. The molecule has 174 valence electrons. The molecule has 35 heavy (non-hydrogen) atoms. The molecule has 5 rings (SSSR count). The Morgan fingerprint density at radius 3 is 1.31 bits per heavy atom. The van der Waals surface area contributed by atoms with Crippen LogP contribution in [0.5, 0.6) is 11.5 Å². The highest BCUT2D eigenvalue weighted by molar-refractivity contribution is 5.87. The molecule has 0 saturated heterocycles. The minimum absolute atomic E-state index is 0.242. The highest BCUT2D eigenvalue weighted by Gasteiger charge is 2.48. The van der Waals surface area contributed by atoms with Crippen LogP contribution in [-0.2, 0) is 5.41 Å². The number of aliphatic hydroxyl groups is 2. The van der Waals surface area contributed by atoms with Crippen molar-refractivity contribution < 1.29 is 19.7 Å². The lowest BCUT2D eigenvalue weighted by Crippen LogP contribution is -2.30. The van der Waals surface area contributed by atoms with Crippen molar-refractivity contribution >= 4 is 0 Å². The van der Waals surface area contributed by atoms with Gasteiger partial charge in [0.05, 0.1) is 17.9 Å². The number of hydrogen-bond donors (Lipinski definition) is 2. The average Bonchev–Trinajstić information content (AvgIpc) is 3.21. The highest BCUT2D eigenvalue weighted by Crippen LogP contribution is 2.59. The van der Waals surface area contributed by atoms with E-state index in [1.807, 2.05) is 36.4 Å². The van der Waals surface area contributed by atoms with E-state index in [0.717, 1.165) is 46.3 Å². The van der Waals surface area contributed by atoms with Gasteiger partial charge >= 0.3 is 0 Å². The highest BCUT2D eigenvalue weighted by atomic mass is 16.5. The van der Waals surface area contributed by atoms with Crippen LogP contribution in [0.15, 0.2) is 122 Å². The standard InChI is InChI=1S/C31H26O4/c32-19-9-21-34-29-17-7-5-15-27(29)31(28-16-6-8-18-30(28)35-22-10-20-33)25-13-3-1-11-23(25)24-12-2-4-14-26(24)31/h1-20,32-33H,21-22H2. The molecule has 1 aliphatic carbocycles. The summed E-state index contributed by atoms with van der Waals surface area (Å²) < 4.78 is 12.3. The van der Waals surface area contributed by atoms with E-state index in [-0.39, 0.29) is 13.2 Å². The lowest BCUT2D eigenvalue weighted by molar-refractivity contribution is 0.343. The zero-order chi connectivity index (χ0) is 24.1. The topological polar surface area (TPSA) is 58.9 Å². The second-order valence-corrected chi connectivity index (χ2v) is 8.23. The summed E-state index contributed by atoms with van der Waals surface area (Å²) >= 11 is 0. The Balaban J connectivity index is 1.86. The molecule has 4 nitrogen and oxygen atoms in total. The number of benzene rings is 4. The molecule has 0 aromatic heterocycles. The number of rotatable bonds is 8. The van der Waals surface area contributed by atoms with Gasteiger partial charge < -0.3 is 19.7 Å². The van der Waals surface area contributed by atoms with Gasteiger partial charge in [-0.1, -0.05) is 84.9 Å². The first kappa shape index (κ1) is 22.4. The summed E-state index contributed by atoms with van der Waals surface area (Å²) in [6, 6.07) is 33.0. The van der Waals surface area contributed by atoms with Crippen LogP contribution in [0.3, 0.4) is 0 Å². The van der Waals surface area contributed by atoms with Gasteiger partial charge in [0, 0.05) is 11.1 Å². The lowest BCUT2D eigenvalue weighted by atomic mass is 9.67. The van der Waals surface area contributed by atoms with Crippen LogP contribution in [0.1, 0.15) is 22.3 Å². The van der Waals surface area contributed by atoms with Crippen LogP contribution < -0.4 is 9.47 Å². The minimum Gasteiger partial charge on any atom is -0.516 e. The van der Waals surface area contributed by atoms with E-state index in [9.17, 15) is 0 Å². The smallest absolute Gasteiger partial charge is 0.124 e. The second-order valence-electron chi connectivity index (χ2n) is 8.23. The minimum atomic E-state index is -0.702. The first-order valence-corrected chi connectivity index (χ1v) is 11.5. The molecule has 2 N–H and O–H groups in total. The molecule has 0 atom stereocenters. The van der Waals surface area contributed by atoms with Crippen LogP contribution in [-0.4, -0.2) is 23.4 Å². The van der Waals surface area contributed by atoms with E-state index in [0.29, 0.717) is 0 Å². The third kappa shape index (κ3) is 3.73. The van der Waals surface area contributed by atoms with Crippen molar-refractivity contribution in [3.05, 3.63) is 144 Å². The fourth-order valence-corrected chi connectivity index (χ4v) is 5.13. The molecule has 0 aliphatic heterocycles. The molecule has 4 aromatic rings. The largest absolute Gasteiger partial charge is 0.516 e. The monoisotopic (exact) mass is 462 g/mol. The molecular weight excluding hydrogens is 436 g/mol. The number of ether oxygens (including phenoxy) is 2. The molecule has 0 spiro atoms. The third-order valence-electron chi connectivity index (χ3n) is 6.42. The lowest BCUT2D eigenvalue weighted by Gasteiger charge is -2.36. The molecule has 0 fully saturated rings. The SMILES string of the molecule is OC=CCOc1ccccc1C1(c2ccccc2OCC=CO)c2ccccc2-c2ccccc21. The number of para-hydroxylation sites is 2. The average molecular weight is 463 g/mol. The molecule has 0 bridgehead atoms. The molecule has 4 aromatic carbocycles. The Morgan fingerprint density at radius 1 is 0.514 bits per heavy atom. The third-order valence-corrected chi connectivity index (χ3v) is 6.42. The summed E-state index contributed by atoms with van der Waals surface area (Å²) in [7, 11) is 0. The van der Waals surface area contributed by atoms with E-state index < -0.39 is 5.41 Å². The molecule has 0 unspecified atom stereocenters. The Kier molecular flexibility index (Phi) is 6.27. The van der Waals surface area contributed by atoms with Gasteiger partial charge in [0.1, 0.15) is 24.7 Å². The zero-order valence-corrected chi connectivity index (χ0v) is 19.2. The van der Waals surface area contributed by atoms with Crippen molar-refractivity contribution in [2.75, 3.05) is 13.2 Å². The Hall–Kier alpha value is -4.44. The molecule has 0 amide bonds. The second kappa shape index (κ2) is 9.82. The van der Waals surface area contributed by atoms with Crippen molar-refractivity contribution in [1.29, 1.82) is 0 Å². The first-order valence-electron chi connectivity index (χ1n) is 11.5. The molecule has 4 heteroatoms. The predicted molar refractivity (Wildman–Crippen MR) is 138 cm³/mol. The van der Waals surface area contributed by atoms with Crippen molar-refractivity contribution in [1.82, 2.24) is 0 Å². The van der Waals surface area contributed by atoms with Crippen LogP contribution in [0, 0.1) is 0 Å². The van der Waals surface area contributed by atoms with Gasteiger partial charge in [0.25, 0.3) is 0 Å². The van der Waals surface area contributed by atoms with Gasteiger partial charge in [-0.25, -0.2) is 0 Å². The fourth-order valence-electron chi connectivity index (χ4n) is 5.13. The van der Waals surface area contributed by atoms with E-state index >= 15 is 0 Å². The predicted octanol–water partition coefficient (Wildman–Crippen LogP) is 6.95. The van der Waals surface area contributed by atoms with E-state index in [1.54, 1.807) is 12.2 Å². The molecule has 0 heterocycles. The first-order chi connectivity index (χ1) is 17.3. The number of fused-ring (bicyclic) bond motifs is 3. The van der Waals surface area contributed by atoms with Crippen molar-refractivity contribution in [3.8, 4) is 22.6 Å². The van der Waals surface area contributed by atoms with Crippen LogP contribution >= 0.6 is 0 Å². The summed E-state index contributed by atoms with van der Waals surface area (Å²) in [5.74, 6) is 1.45. The Labute approximate surface area is 205 Å². The molecule has 0 saturated carbocycles. The Morgan fingerprint density at radius 2 is 0.886 bits per heavy atom. The summed E-state index contributed by atoms with van der Waals surface area (Å²) in [6.07, 6.45) is 5.13. The van der Waals surface area contributed by atoms with Gasteiger partial charge in [0.2, 0.25) is 0 Å². The normalized spacial score (nSPS) is 13.6. The van der Waals surface area contributed by atoms with E-state index in [2.05, 4.69) is 60.7 Å². The van der Waals surface area contributed by atoms with Crippen LogP contribution in [0.4, 0.5) is 0 Å². The Bertz CT molecular complexity index is 1280. The van der Waals surface area contributed by atoms with Gasteiger partial charge in [-0.15, -0.1) is 0 Å². The maximum atomic E-state index is 9.15. The molecule has 1 aliphatic rings. The summed E-state index contributed by atoms with van der Waals surface area (Å²) in [5, 5.41) is 18.3. The van der Waals surface area contributed by atoms with Gasteiger partial charge in [-0.2, -0.15) is 0 Å². The zero-order valence-electron chi connectivity index (χ0n) is 19.2. The summed E-state index contributed by atoms with van der Waals surface area (Å²) in [5.41, 5.74) is 5.88. The van der Waals surface area contributed by atoms with E-state index in [4.69, 9.17) is 19.7 Å². The molecule has 0 radical (unpaired) electrons. The van der Waals surface area contributed by atoms with Crippen LogP contribution in [0.25, 0.3) is 11.1 Å². The maximum Gasteiger partial charge on any atom is 0.124 e. The van der Waals surface area contributed by atoms with Gasteiger partial charge in [0.15, 0.2) is 0 Å². The van der Waals surface area contributed by atoms with E-state index in [1.165, 1.54) is 11.1 Å². The van der Waals surface area contributed by atoms with Gasteiger partial charge in [-0.05, 0) is 46.5 Å².